The minimum absolute atomic E-state index is 0.0215. The lowest BCUT2D eigenvalue weighted by Gasteiger charge is -2.29. The predicted octanol–water partition coefficient (Wildman–Crippen LogP) is 3.10. The number of hydrogen-bond donors (Lipinski definition) is 1. The monoisotopic (exact) mass is 393 g/mol. The molecule has 0 unspecified atom stereocenters. The molecule has 0 bridgehead atoms. The Bertz CT molecular complexity index is 915. The van der Waals surface area contributed by atoms with Crippen LogP contribution in [0.15, 0.2) is 67.3 Å². The van der Waals surface area contributed by atoms with Crippen molar-refractivity contribution in [2.45, 2.75) is 25.2 Å². The Kier molecular flexibility index (Phi) is 5.64. The zero-order valence-electron chi connectivity index (χ0n) is 15.7. The van der Waals surface area contributed by atoms with Gasteiger partial charge in [0.1, 0.15) is 0 Å². The highest BCUT2D eigenvalue weighted by atomic mass is 32.1. The molecule has 3 aromatic rings. The van der Waals surface area contributed by atoms with Gasteiger partial charge in [-0.25, -0.2) is 0 Å². The fourth-order valence-electron chi connectivity index (χ4n) is 3.67. The molecule has 4 heterocycles. The average Bonchev–Trinajstić information content (AvgIpc) is 3.32. The van der Waals surface area contributed by atoms with E-state index >= 15 is 0 Å². The third-order valence-corrected chi connectivity index (χ3v) is 5.36. The van der Waals surface area contributed by atoms with Crippen molar-refractivity contribution in [2.24, 2.45) is 0 Å². The van der Waals surface area contributed by atoms with E-state index in [1.165, 1.54) is 11.3 Å². The van der Waals surface area contributed by atoms with Crippen molar-refractivity contribution in [3.05, 3.63) is 84.2 Å². The van der Waals surface area contributed by atoms with Crippen molar-refractivity contribution in [3.63, 3.8) is 0 Å². The molecule has 0 saturated carbocycles. The Morgan fingerprint density at radius 3 is 2.71 bits per heavy atom. The molecule has 1 saturated heterocycles. The second-order valence-corrected chi connectivity index (χ2v) is 7.12. The van der Waals surface area contributed by atoms with E-state index in [4.69, 9.17) is 17.0 Å². The quantitative estimate of drug-likeness (QED) is 0.623. The summed E-state index contributed by atoms with van der Waals surface area (Å²) in [6.45, 7) is 2.16. The Labute approximate surface area is 170 Å². The normalized spacial score (nSPS) is 19.0. The first-order chi connectivity index (χ1) is 13.8. The average molecular weight is 394 g/mol. The summed E-state index contributed by atoms with van der Waals surface area (Å²) in [5.41, 5.74) is 3.33. The summed E-state index contributed by atoms with van der Waals surface area (Å²) < 4.78 is 7.53. The summed E-state index contributed by atoms with van der Waals surface area (Å²) in [6, 6.07) is 14.3. The number of aromatic nitrogens is 3. The number of hydrogen-bond acceptors (Lipinski definition) is 4. The number of nitrogens with one attached hydrogen (secondary N) is 1. The Morgan fingerprint density at radius 2 is 1.96 bits per heavy atom. The number of pyridine rings is 2. The van der Waals surface area contributed by atoms with Gasteiger partial charge < -0.3 is 19.5 Å². The predicted molar refractivity (Wildman–Crippen MR) is 112 cm³/mol. The van der Waals surface area contributed by atoms with Gasteiger partial charge in [0.2, 0.25) is 0 Å². The number of nitrogens with zero attached hydrogens (tertiary/aromatic N) is 4. The zero-order chi connectivity index (χ0) is 19.3. The molecule has 0 aliphatic carbocycles. The SMILES string of the molecule is COCCn1cccc1[C@@H]1[C@@H](c2ccccn2)NC(=S)N1Cc1ccncc1. The highest BCUT2D eigenvalue weighted by molar-refractivity contribution is 7.80. The number of methoxy groups -OCH3 is 1. The summed E-state index contributed by atoms with van der Waals surface area (Å²) in [7, 11) is 1.72. The molecule has 1 fully saturated rings. The van der Waals surface area contributed by atoms with Crippen LogP contribution in [0.25, 0.3) is 0 Å². The lowest BCUT2D eigenvalue weighted by atomic mass is 10.0. The van der Waals surface area contributed by atoms with E-state index in [2.05, 4.69) is 43.1 Å². The molecular formula is C21H23N5OS. The number of thiocarbonyl (C=S) groups is 1. The Hall–Kier alpha value is -2.77. The zero-order valence-corrected chi connectivity index (χ0v) is 16.5. The van der Waals surface area contributed by atoms with Crippen LogP contribution < -0.4 is 5.32 Å². The fraction of sp³-hybridized carbons (Fsp3) is 0.286. The minimum Gasteiger partial charge on any atom is -0.383 e. The molecule has 0 amide bonds. The number of ether oxygens (including phenoxy) is 1. The van der Waals surface area contributed by atoms with Crippen LogP contribution >= 0.6 is 12.2 Å². The van der Waals surface area contributed by atoms with Crippen LogP contribution in [0.3, 0.4) is 0 Å². The standard InChI is InChI=1S/C21H23N5OS/c1-27-14-13-25-12-4-6-18(25)20-19(17-5-2-3-9-23-17)24-21(28)26(20)15-16-7-10-22-11-8-16/h2-12,19-20H,13-15H2,1H3,(H,24,28)/t19-,20-/m1/s1. The first kappa shape index (κ1) is 18.6. The van der Waals surface area contributed by atoms with Gasteiger partial charge in [0.05, 0.1) is 24.4 Å². The Balaban J connectivity index is 1.72. The van der Waals surface area contributed by atoms with Crippen molar-refractivity contribution >= 4 is 17.3 Å². The van der Waals surface area contributed by atoms with Gasteiger partial charge in [-0.05, 0) is 54.2 Å². The van der Waals surface area contributed by atoms with E-state index < -0.39 is 0 Å². The van der Waals surface area contributed by atoms with E-state index in [1.54, 1.807) is 7.11 Å². The molecule has 1 aliphatic heterocycles. The molecule has 28 heavy (non-hydrogen) atoms. The molecule has 144 valence electrons. The van der Waals surface area contributed by atoms with Crippen LogP contribution in [0, 0.1) is 0 Å². The second kappa shape index (κ2) is 8.50. The molecule has 0 spiro atoms. The highest BCUT2D eigenvalue weighted by Gasteiger charge is 2.41. The minimum atomic E-state index is -0.0215. The van der Waals surface area contributed by atoms with Gasteiger partial charge in [0.25, 0.3) is 0 Å². The summed E-state index contributed by atoms with van der Waals surface area (Å²) in [4.78, 5) is 11.0. The molecule has 3 aromatic heterocycles. The third-order valence-electron chi connectivity index (χ3n) is 5.00. The van der Waals surface area contributed by atoms with Gasteiger partial charge in [0.15, 0.2) is 5.11 Å². The van der Waals surface area contributed by atoms with Gasteiger partial charge in [0, 0.05) is 50.7 Å². The molecular weight excluding hydrogens is 370 g/mol. The third kappa shape index (κ3) is 3.76. The van der Waals surface area contributed by atoms with Crippen LogP contribution in [-0.2, 0) is 17.8 Å². The maximum atomic E-state index is 5.74. The van der Waals surface area contributed by atoms with Crippen LogP contribution in [0.4, 0.5) is 0 Å². The first-order valence-electron chi connectivity index (χ1n) is 9.29. The molecule has 7 heteroatoms. The molecule has 6 nitrogen and oxygen atoms in total. The molecule has 1 N–H and O–H groups in total. The van der Waals surface area contributed by atoms with Crippen molar-refractivity contribution in [3.8, 4) is 0 Å². The van der Waals surface area contributed by atoms with E-state index in [9.17, 15) is 0 Å². The largest absolute Gasteiger partial charge is 0.383 e. The van der Waals surface area contributed by atoms with E-state index in [1.807, 2.05) is 48.9 Å². The van der Waals surface area contributed by atoms with Crippen molar-refractivity contribution in [1.29, 1.82) is 0 Å². The topological polar surface area (TPSA) is 55.2 Å². The molecule has 0 radical (unpaired) electrons. The molecule has 1 aliphatic rings. The Morgan fingerprint density at radius 1 is 1.11 bits per heavy atom. The summed E-state index contributed by atoms with van der Waals surface area (Å²) in [5, 5.41) is 4.23. The maximum absolute atomic E-state index is 5.74. The lowest BCUT2D eigenvalue weighted by molar-refractivity contribution is 0.183. The fourth-order valence-corrected chi connectivity index (χ4v) is 3.98. The van der Waals surface area contributed by atoms with Crippen LogP contribution in [0.2, 0.25) is 0 Å². The maximum Gasteiger partial charge on any atom is 0.170 e. The number of rotatable bonds is 7. The summed E-state index contributed by atoms with van der Waals surface area (Å²) in [6.07, 6.45) is 7.55. The van der Waals surface area contributed by atoms with Gasteiger partial charge in [-0.15, -0.1) is 0 Å². The van der Waals surface area contributed by atoms with E-state index in [0.29, 0.717) is 13.2 Å². The van der Waals surface area contributed by atoms with Gasteiger partial charge in [-0.2, -0.15) is 0 Å². The molecule has 2 atom stereocenters. The van der Waals surface area contributed by atoms with E-state index in [-0.39, 0.29) is 12.1 Å². The molecule has 0 aromatic carbocycles. The van der Waals surface area contributed by atoms with Crippen molar-refractivity contribution in [2.75, 3.05) is 13.7 Å². The van der Waals surface area contributed by atoms with E-state index in [0.717, 1.165) is 17.4 Å². The summed E-state index contributed by atoms with van der Waals surface area (Å²) in [5.74, 6) is 0. The van der Waals surface area contributed by atoms with Gasteiger partial charge in [-0.3, -0.25) is 9.97 Å². The second-order valence-electron chi connectivity index (χ2n) is 6.73. The first-order valence-corrected chi connectivity index (χ1v) is 9.69. The van der Waals surface area contributed by atoms with Crippen molar-refractivity contribution in [1.82, 2.24) is 24.8 Å². The smallest absolute Gasteiger partial charge is 0.170 e. The van der Waals surface area contributed by atoms with Gasteiger partial charge >= 0.3 is 0 Å². The van der Waals surface area contributed by atoms with Gasteiger partial charge in [-0.1, -0.05) is 6.07 Å². The molecule has 4 rings (SSSR count). The van der Waals surface area contributed by atoms with Crippen LogP contribution in [-0.4, -0.2) is 38.3 Å². The highest BCUT2D eigenvalue weighted by Crippen LogP contribution is 2.39. The van der Waals surface area contributed by atoms with Crippen LogP contribution in [0.1, 0.15) is 29.0 Å². The summed E-state index contributed by atoms with van der Waals surface area (Å²) >= 11 is 5.74. The lowest BCUT2D eigenvalue weighted by Crippen LogP contribution is -2.30. The van der Waals surface area contributed by atoms with Crippen LogP contribution in [0.5, 0.6) is 0 Å². The van der Waals surface area contributed by atoms with Crippen molar-refractivity contribution < 1.29 is 4.74 Å².